The van der Waals surface area contributed by atoms with Gasteiger partial charge in [0.15, 0.2) is 0 Å². The number of hydrogen-bond donors (Lipinski definition) is 1. The highest BCUT2D eigenvalue weighted by molar-refractivity contribution is 7.99. The standard InChI is InChI=1S/C15H20ClNS/c16-14-5-3-13(4-6-14)15(12-1-2-12)17-9-11-7-8-18-10-11/h3-6,11-12,15,17H,1-2,7-10H2. The fraction of sp³-hybridized carbons (Fsp3) is 0.600. The van der Waals surface area contributed by atoms with Gasteiger partial charge in [-0.3, -0.25) is 0 Å². The number of halogens is 1. The van der Waals surface area contributed by atoms with Crippen molar-refractivity contribution in [1.29, 1.82) is 0 Å². The highest BCUT2D eigenvalue weighted by atomic mass is 35.5. The van der Waals surface area contributed by atoms with Gasteiger partial charge in [-0.1, -0.05) is 23.7 Å². The van der Waals surface area contributed by atoms with Crippen LogP contribution < -0.4 is 5.32 Å². The lowest BCUT2D eigenvalue weighted by atomic mass is 10.0. The Labute approximate surface area is 119 Å². The first-order chi connectivity index (χ1) is 8.83. The van der Waals surface area contributed by atoms with E-state index >= 15 is 0 Å². The second kappa shape index (κ2) is 5.85. The molecule has 1 heterocycles. The van der Waals surface area contributed by atoms with Crippen LogP contribution in [0.25, 0.3) is 0 Å². The number of rotatable bonds is 5. The highest BCUT2D eigenvalue weighted by Gasteiger charge is 2.32. The van der Waals surface area contributed by atoms with Crippen LogP contribution in [0.1, 0.15) is 30.9 Å². The van der Waals surface area contributed by atoms with Gasteiger partial charge in [0.25, 0.3) is 0 Å². The summed E-state index contributed by atoms with van der Waals surface area (Å²) in [6.45, 7) is 1.18. The van der Waals surface area contributed by atoms with Crippen LogP contribution in [-0.4, -0.2) is 18.1 Å². The third-order valence-corrected chi connectivity index (χ3v) is 5.46. The lowest BCUT2D eigenvalue weighted by molar-refractivity contribution is 0.428. The zero-order valence-electron chi connectivity index (χ0n) is 10.6. The van der Waals surface area contributed by atoms with Gasteiger partial charge < -0.3 is 5.32 Å². The van der Waals surface area contributed by atoms with Crippen LogP contribution >= 0.6 is 23.4 Å². The van der Waals surface area contributed by atoms with Crippen molar-refractivity contribution in [2.45, 2.75) is 25.3 Å². The maximum Gasteiger partial charge on any atom is 0.0406 e. The topological polar surface area (TPSA) is 12.0 Å². The third-order valence-electron chi connectivity index (χ3n) is 3.97. The van der Waals surface area contributed by atoms with Crippen molar-refractivity contribution in [2.75, 3.05) is 18.1 Å². The molecule has 2 unspecified atom stereocenters. The molecule has 0 radical (unpaired) electrons. The molecule has 2 atom stereocenters. The Morgan fingerprint density at radius 1 is 1.22 bits per heavy atom. The molecule has 0 aromatic heterocycles. The first-order valence-electron chi connectivity index (χ1n) is 6.89. The first-order valence-corrected chi connectivity index (χ1v) is 8.43. The van der Waals surface area contributed by atoms with Crippen molar-refractivity contribution >= 4 is 23.4 Å². The molecule has 1 saturated carbocycles. The van der Waals surface area contributed by atoms with E-state index in [9.17, 15) is 0 Å². The van der Waals surface area contributed by atoms with Crippen LogP contribution in [0, 0.1) is 11.8 Å². The van der Waals surface area contributed by atoms with Gasteiger partial charge in [0.2, 0.25) is 0 Å². The quantitative estimate of drug-likeness (QED) is 0.871. The molecule has 0 amide bonds. The van der Waals surface area contributed by atoms with Gasteiger partial charge in [0, 0.05) is 11.1 Å². The molecule has 98 valence electrons. The van der Waals surface area contributed by atoms with Crippen molar-refractivity contribution in [3.8, 4) is 0 Å². The van der Waals surface area contributed by atoms with Gasteiger partial charge in [-0.05, 0) is 66.8 Å². The van der Waals surface area contributed by atoms with Crippen molar-refractivity contribution in [1.82, 2.24) is 5.32 Å². The minimum Gasteiger partial charge on any atom is -0.309 e. The van der Waals surface area contributed by atoms with E-state index in [-0.39, 0.29) is 0 Å². The fourth-order valence-corrected chi connectivity index (χ4v) is 4.10. The van der Waals surface area contributed by atoms with E-state index in [0.717, 1.165) is 16.9 Å². The number of nitrogens with one attached hydrogen (secondary N) is 1. The molecule has 2 aliphatic rings. The minimum atomic E-state index is 0.549. The zero-order valence-corrected chi connectivity index (χ0v) is 12.1. The molecule has 3 rings (SSSR count). The average Bonchev–Trinajstić information content (AvgIpc) is 3.08. The summed E-state index contributed by atoms with van der Waals surface area (Å²) >= 11 is 8.07. The van der Waals surface area contributed by atoms with Crippen LogP contribution in [-0.2, 0) is 0 Å². The number of hydrogen-bond acceptors (Lipinski definition) is 2. The number of benzene rings is 1. The van der Waals surface area contributed by atoms with Crippen molar-refractivity contribution in [3.63, 3.8) is 0 Å². The largest absolute Gasteiger partial charge is 0.309 e. The molecule has 1 aliphatic heterocycles. The summed E-state index contributed by atoms with van der Waals surface area (Å²) < 4.78 is 0. The minimum absolute atomic E-state index is 0.549. The molecule has 1 aromatic rings. The Bertz CT molecular complexity index is 382. The monoisotopic (exact) mass is 281 g/mol. The van der Waals surface area contributed by atoms with E-state index in [0.29, 0.717) is 6.04 Å². The van der Waals surface area contributed by atoms with Crippen LogP contribution in [0.4, 0.5) is 0 Å². The molecule has 1 aliphatic carbocycles. The normalized spacial score (nSPS) is 25.3. The summed E-state index contributed by atoms with van der Waals surface area (Å²) in [4.78, 5) is 0. The Morgan fingerprint density at radius 3 is 2.61 bits per heavy atom. The molecule has 2 fully saturated rings. The summed E-state index contributed by atoms with van der Waals surface area (Å²) in [5, 5.41) is 4.64. The molecule has 0 spiro atoms. The Morgan fingerprint density at radius 2 is 2.00 bits per heavy atom. The van der Waals surface area contributed by atoms with Crippen LogP contribution in [0.5, 0.6) is 0 Å². The van der Waals surface area contributed by atoms with Crippen LogP contribution in [0.3, 0.4) is 0 Å². The van der Waals surface area contributed by atoms with Gasteiger partial charge in [0.1, 0.15) is 0 Å². The van der Waals surface area contributed by atoms with E-state index in [1.54, 1.807) is 0 Å². The first kappa shape index (κ1) is 12.8. The van der Waals surface area contributed by atoms with E-state index in [1.807, 2.05) is 12.1 Å². The van der Waals surface area contributed by atoms with Gasteiger partial charge in [-0.25, -0.2) is 0 Å². The molecule has 1 saturated heterocycles. The zero-order chi connectivity index (χ0) is 12.4. The number of thioether (sulfide) groups is 1. The highest BCUT2D eigenvalue weighted by Crippen LogP contribution is 2.41. The molecule has 18 heavy (non-hydrogen) atoms. The molecule has 1 aromatic carbocycles. The summed E-state index contributed by atoms with van der Waals surface area (Å²) in [6.07, 6.45) is 4.13. The maximum atomic E-state index is 5.97. The van der Waals surface area contributed by atoms with E-state index < -0.39 is 0 Å². The molecule has 1 nitrogen and oxygen atoms in total. The lowest BCUT2D eigenvalue weighted by Gasteiger charge is -2.21. The van der Waals surface area contributed by atoms with E-state index in [2.05, 4.69) is 29.2 Å². The second-order valence-corrected chi connectivity index (χ2v) is 7.09. The maximum absolute atomic E-state index is 5.97. The fourth-order valence-electron chi connectivity index (χ4n) is 2.69. The van der Waals surface area contributed by atoms with Gasteiger partial charge >= 0.3 is 0 Å². The SMILES string of the molecule is Clc1ccc(C(NCC2CCSC2)C2CC2)cc1. The van der Waals surface area contributed by atoms with E-state index in [1.165, 1.54) is 42.9 Å². The average molecular weight is 282 g/mol. The van der Waals surface area contributed by atoms with E-state index in [4.69, 9.17) is 11.6 Å². The lowest BCUT2D eigenvalue weighted by Crippen LogP contribution is -2.28. The predicted octanol–water partition coefficient (Wildman–Crippen LogP) is 4.13. The van der Waals surface area contributed by atoms with Crippen LogP contribution in [0.2, 0.25) is 5.02 Å². The Hall–Kier alpha value is -0.180. The van der Waals surface area contributed by atoms with Crippen molar-refractivity contribution in [2.24, 2.45) is 11.8 Å². The smallest absolute Gasteiger partial charge is 0.0406 e. The Balaban J connectivity index is 1.62. The third kappa shape index (κ3) is 3.23. The predicted molar refractivity (Wildman–Crippen MR) is 80.4 cm³/mol. The van der Waals surface area contributed by atoms with Gasteiger partial charge in [-0.2, -0.15) is 11.8 Å². The van der Waals surface area contributed by atoms with Gasteiger partial charge in [0.05, 0.1) is 0 Å². The molecular formula is C15H20ClNS. The second-order valence-electron chi connectivity index (χ2n) is 5.50. The van der Waals surface area contributed by atoms with Crippen LogP contribution in [0.15, 0.2) is 24.3 Å². The van der Waals surface area contributed by atoms with Crippen molar-refractivity contribution in [3.05, 3.63) is 34.9 Å². The molecule has 3 heteroatoms. The molecule has 0 bridgehead atoms. The summed E-state index contributed by atoms with van der Waals surface area (Å²) in [5.41, 5.74) is 1.41. The molecular weight excluding hydrogens is 262 g/mol. The van der Waals surface area contributed by atoms with Gasteiger partial charge in [-0.15, -0.1) is 0 Å². The summed E-state index contributed by atoms with van der Waals surface area (Å²) in [6, 6.07) is 8.94. The van der Waals surface area contributed by atoms with Crippen molar-refractivity contribution < 1.29 is 0 Å². The molecule has 1 N–H and O–H groups in total. The Kier molecular flexibility index (Phi) is 4.17. The summed E-state index contributed by atoms with van der Waals surface area (Å²) in [7, 11) is 0. The summed E-state index contributed by atoms with van der Waals surface area (Å²) in [5.74, 6) is 4.41.